The molecule has 0 spiro atoms. The number of rotatable bonds is 16. The molecule has 0 amide bonds. The van der Waals surface area contributed by atoms with Crippen LogP contribution in [0.3, 0.4) is 0 Å². The van der Waals surface area contributed by atoms with Crippen LogP contribution in [0.25, 0.3) is 22.3 Å². The lowest BCUT2D eigenvalue weighted by Gasteiger charge is -2.18. The largest absolute Gasteiger partial charge is 0.489 e. The number of allylic oxidation sites excluding steroid dienone is 12. The standard InChI is InChI=1S/C72H52N4O4/c1-5-13-49(14-6-1)45-77-62-33-21-53(22-34-62)66-43-61-42-59-30-29-57(73-59)41-58-31-32-60(74-58)44-67-68(54-23-35-63(36-24-54)78-46-50-15-7-2-8-16-50)69(55-25-37-64(38-26-55)79-47-51-17-9-3-10-18-51)72(76-67)70(71(66)75-61)56-27-39-65(40-28-56)80-48-52-19-11-4-12-20-52/h1-44H,45-48H2. The number of fused-ring (bicyclic) bond motifs is 4. The van der Waals surface area contributed by atoms with Crippen molar-refractivity contribution >= 4 is 45.1 Å². The predicted octanol–water partition coefficient (Wildman–Crippen LogP) is 16.0. The highest BCUT2D eigenvalue weighted by atomic mass is 16.5. The van der Waals surface area contributed by atoms with E-state index in [4.69, 9.17) is 38.9 Å². The highest BCUT2D eigenvalue weighted by Gasteiger charge is 2.33. The molecule has 5 heterocycles. The summed E-state index contributed by atoms with van der Waals surface area (Å²) < 4.78 is 25.5. The van der Waals surface area contributed by atoms with Gasteiger partial charge in [-0.1, -0.05) is 170 Å². The SMILES string of the molecule is C1=CC2=NC1=CC1=NC(=C(c3ccc(OCc4ccccc4)cc3)C3=NC(=CC4=NC(=C2)C=C4)C=C3c2ccc(OCc3ccccc3)cc2)C(c2ccc(OCc3ccccc3)cc2)=C1c1ccc(OCc2ccccc2)cc1. The second-order valence-electron chi connectivity index (χ2n) is 19.6. The van der Waals surface area contributed by atoms with Gasteiger partial charge in [-0.15, -0.1) is 0 Å². The van der Waals surface area contributed by atoms with Crippen molar-refractivity contribution < 1.29 is 18.9 Å². The molecule has 0 N–H and O–H groups in total. The fourth-order valence-corrected chi connectivity index (χ4v) is 10.0. The molecule has 0 aromatic heterocycles. The van der Waals surface area contributed by atoms with E-state index in [-0.39, 0.29) is 0 Å². The Morgan fingerprint density at radius 2 is 0.637 bits per heavy atom. The van der Waals surface area contributed by atoms with Crippen LogP contribution in [0, 0.1) is 0 Å². The van der Waals surface area contributed by atoms with Gasteiger partial charge in [0.05, 0.1) is 45.6 Å². The molecule has 8 bridgehead atoms. The maximum atomic E-state index is 6.41. The summed E-state index contributed by atoms with van der Waals surface area (Å²) in [5, 5.41) is 0. The molecule has 0 unspecified atom stereocenters. The minimum Gasteiger partial charge on any atom is -0.489 e. The fraction of sp³-hybridized carbons (Fsp3) is 0.0556. The lowest BCUT2D eigenvalue weighted by molar-refractivity contribution is 0.306. The van der Waals surface area contributed by atoms with Crippen LogP contribution in [0.15, 0.2) is 310 Å². The van der Waals surface area contributed by atoms with Crippen molar-refractivity contribution in [2.75, 3.05) is 0 Å². The number of ether oxygens (including phenoxy) is 4. The molecule has 8 aromatic rings. The lowest BCUT2D eigenvalue weighted by atomic mass is 9.86. The normalized spacial score (nSPS) is 15.1. The van der Waals surface area contributed by atoms with Crippen LogP contribution in [0.5, 0.6) is 23.0 Å². The molecule has 5 aliphatic heterocycles. The van der Waals surface area contributed by atoms with Crippen LogP contribution in [0.4, 0.5) is 0 Å². The fourth-order valence-electron chi connectivity index (χ4n) is 10.0. The molecule has 0 saturated carbocycles. The van der Waals surface area contributed by atoms with Crippen molar-refractivity contribution in [3.05, 3.63) is 334 Å². The topological polar surface area (TPSA) is 86.4 Å². The minimum atomic E-state index is 0.431. The molecule has 0 atom stereocenters. The quantitative estimate of drug-likeness (QED) is 0.0965. The average molecular weight is 1040 g/mol. The molecule has 80 heavy (non-hydrogen) atoms. The Kier molecular flexibility index (Phi) is 13.9. The Bertz CT molecular complexity index is 4010. The first-order valence-electron chi connectivity index (χ1n) is 26.7. The number of hydrogen-bond acceptors (Lipinski definition) is 8. The Morgan fingerprint density at radius 3 is 1.06 bits per heavy atom. The number of benzene rings is 8. The summed E-state index contributed by atoms with van der Waals surface area (Å²) in [7, 11) is 0. The second kappa shape index (κ2) is 22.6. The van der Waals surface area contributed by atoms with Gasteiger partial charge in [-0.3, -0.25) is 0 Å². The Hall–Kier alpha value is -10.4. The molecule has 8 aromatic carbocycles. The van der Waals surface area contributed by atoms with Crippen molar-refractivity contribution in [1.82, 2.24) is 0 Å². The molecular formula is C72H52N4O4. The highest BCUT2D eigenvalue weighted by molar-refractivity contribution is 6.50. The zero-order valence-corrected chi connectivity index (χ0v) is 43.7. The van der Waals surface area contributed by atoms with E-state index in [9.17, 15) is 0 Å². The molecule has 384 valence electrons. The summed E-state index contributed by atoms with van der Waals surface area (Å²) >= 11 is 0. The van der Waals surface area contributed by atoms with Gasteiger partial charge in [-0.2, -0.15) is 0 Å². The van der Waals surface area contributed by atoms with E-state index in [0.717, 1.165) is 135 Å². The Labute approximate surface area is 465 Å². The van der Waals surface area contributed by atoms with E-state index >= 15 is 0 Å². The maximum absolute atomic E-state index is 6.41. The second-order valence-corrected chi connectivity index (χ2v) is 19.6. The van der Waals surface area contributed by atoms with Crippen LogP contribution in [0.1, 0.15) is 44.5 Å². The van der Waals surface area contributed by atoms with Crippen LogP contribution in [-0.2, 0) is 26.4 Å². The first kappa shape index (κ1) is 49.2. The third kappa shape index (κ3) is 11.2. The van der Waals surface area contributed by atoms with Gasteiger partial charge in [0.2, 0.25) is 0 Å². The smallest absolute Gasteiger partial charge is 0.119 e. The van der Waals surface area contributed by atoms with Gasteiger partial charge in [0.25, 0.3) is 0 Å². The Balaban J connectivity index is 1.01. The summed E-state index contributed by atoms with van der Waals surface area (Å²) in [4.78, 5) is 21.5. The number of nitrogens with zero attached hydrogens (tertiary/aromatic N) is 4. The van der Waals surface area contributed by atoms with Gasteiger partial charge >= 0.3 is 0 Å². The highest BCUT2D eigenvalue weighted by Crippen LogP contribution is 2.47. The summed E-state index contributed by atoms with van der Waals surface area (Å²) in [5.41, 5.74) is 17.8. The third-order valence-electron chi connectivity index (χ3n) is 14.1. The van der Waals surface area contributed by atoms with E-state index in [2.05, 4.69) is 109 Å². The maximum Gasteiger partial charge on any atom is 0.119 e. The predicted molar refractivity (Wildman–Crippen MR) is 323 cm³/mol. The van der Waals surface area contributed by atoms with Gasteiger partial charge in [-0.25, -0.2) is 20.0 Å². The van der Waals surface area contributed by atoms with Gasteiger partial charge in [0.15, 0.2) is 0 Å². The van der Waals surface area contributed by atoms with Gasteiger partial charge < -0.3 is 18.9 Å². The zero-order valence-electron chi connectivity index (χ0n) is 43.7. The summed E-state index contributed by atoms with van der Waals surface area (Å²) in [6, 6.07) is 74.0. The lowest BCUT2D eigenvalue weighted by Crippen LogP contribution is -2.07. The van der Waals surface area contributed by atoms with Crippen molar-refractivity contribution in [2.45, 2.75) is 26.4 Å². The molecule has 0 saturated heterocycles. The van der Waals surface area contributed by atoms with E-state index in [1.807, 2.05) is 158 Å². The van der Waals surface area contributed by atoms with Crippen molar-refractivity contribution in [3.63, 3.8) is 0 Å². The van der Waals surface area contributed by atoms with Crippen LogP contribution in [-0.4, -0.2) is 22.8 Å². The molecular weight excluding hydrogens is 985 g/mol. The summed E-state index contributed by atoms with van der Waals surface area (Å²) in [6.45, 7) is 1.77. The van der Waals surface area contributed by atoms with E-state index in [0.29, 0.717) is 26.4 Å². The van der Waals surface area contributed by atoms with E-state index in [1.165, 1.54) is 0 Å². The van der Waals surface area contributed by atoms with Crippen LogP contribution < -0.4 is 18.9 Å². The van der Waals surface area contributed by atoms with Gasteiger partial charge in [-0.05, 0) is 142 Å². The molecule has 5 aliphatic rings. The first-order valence-corrected chi connectivity index (χ1v) is 26.7. The summed E-state index contributed by atoms with van der Waals surface area (Å²) in [6.07, 6.45) is 16.4. The minimum absolute atomic E-state index is 0.431. The van der Waals surface area contributed by atoms with Crippen LogP contribution >= 0.6 is 0 Å². The monoisotopic (exact) mass is 1040 g/mol. The van der Waals surface area contributed by atoms with Crippen molar-refractivity contribution in [2.24, 2.45) is 20.0 Å². The van der Waals surface area contributed by atoms with Gasteiger partial charge in [0.1, 0.15) is 49.4 Å². The first-order chi connectivity index (χ1) is 39.6. The molecule has 0 aliphatic carbocycles. The van der Waals surface area contributed by atoms with Crippen molar-refractivity contribution in [3.8, 4) is 23.0 Å². The van der Waals surface area contributed by atoms with E-state index < -0.39 is 0 Å². The molecule has 13 rings (SSSR count). The van der Waals surface area contributed by atoms with Crippen LogP contribution in [0.2, 0.25) is 0 Å². The number of hydrogen-bond donors (Lipinski definition) is 0. The van der Waals surface area contributed by atoms with E-state index in [1.54, 1.807) is 0 Å². The molecule has 8 nitrogen and oxygen atoms in total. The molecule has 8 heteroatoms. The Morgan fingerprint density at radius 1 is 0.275 bits per heavy atom. The number of aliphatic imine (C=N–C) groups is 4. The van der Waals surface area contributed by atoms with Crippen molar-refractivity contribution in [1.29, 1.82) is 0 Å². The zero-order chi connectivity index (χ0) is 53.5. The van der Waals surface area contributed by atoms with Gasteiger partial charge in [0, 0.05) is 22.3 Å². The average Bonchev–Trinajstić information content (AvgIpc) is 4.35. The third-order valence-corrected chi connectivity index (χ3v) is 14.1. The molecule has 0 radical (unpaired) electrons. The molecule has 0 fully saturated rings. The summed E-state index contributed by atoms with van der Waals surface area (Å²) in [5.74, 6) is 3.00.